The van der Waals surface area contributed by atoms with E-state index in [1.165, 1.54) is 5.56 Å². The molecule has 1 fully saturated rings. The Balaban J connectivity index is 1.47. The summed E-state index contributed by atoms with van der Waals surface area (Å²) in [5.74, 6) is 0.634. The second-order valence-corrected chi connectivity index (χ2v) is 6.21. The van der Waals surface area contributed by atoms with Gasteiger partial charge in [-0.1, -0.05) is 36.4 Å². The van der Waals surface area contributed by atoms with E-state index >= 15 is 0 Å². The van der Waals surface area contributed by atoms with Crippen molar-refractivity contribution >= 4 is 11.7 Å². The molecule has 138 valence electrons. The Morgan fingerprint density at radius 3 is 2.50 bits per heavy atom. The van der Waals surface area contributed by atoms with Crippen LogP contribution in [0.3, 0.4) is 0 Å². The van der Waals surface area contributed by atoms with E-state index in [1.54, 1.807) is 13.2 Å². The molecule has 2 N–H and O–H groups in total. The number of urea groups is 1. The highest BCUT2D eigenvalue weighted by Crippen LogP contribution is 2.22. The van der Waals surface area contributed by atoms with Crippen LogP contribution in [0.5, 0.6) is 5.75 Å². The normalized spacial score (nSPS) is 14.7. The van der Waals surface area contributed by atoms with Crippen LogP contribution in [-0.2, 0) is 17.8 Å². The monoisotopic (exact) mass is 355 g/mol. The number of nitrogens with one attached hydrogen (secondary N) is 2. The summed E-state index contributed by atoms with van der Waals surface area (Å²) in [6.45, 7) is 4.98. The highest BCUT2D eigenvalue weighted by Gasteiger charge is 2.10. The van der Waals surface area contributed by atoms with E-state index in [4.69, 9.17) is 9.47 Å². The van der Waals surface area contributed by atoms with Crippen LogP contribution in [-0.4, -0.2) is 44.3 Å². The first-order chi connectivity index (χ1) is 12.7. The lowest BCUT2D eigenvalue weighted by Gasteiger charge is -2.26. The fourth-order valence-electron chi connectivity index (χ4n) is 2.88. The van der Waals surface area contributed by atoms with Crippen molar-refractivity contribution in [2.75, 3.05) is 38.7 Å². The molecule has 0 aliphatic carbocycles. The van der Waals surface area contributed by atoms with Gasteiger partial charge in [-0.15, -0.1) is 0 Å². The molecule has 0 radical (unpaired) electrons. The van der Waals surface area contributed by atoms with Crippen molar-refractivity contribution in [3.05, 3.63) is 59.7 Å². The van der Waals surface area contributed by atoms with E-state index in [0.29, 0.717) is 18.0 Å². The number of morpholine rings is 1. The topological polar surface area (TPSA) is 62.8 Å². The van der Waals surface area contributed by atoms with Crippen molar-refractivity contribution < 1.29 is 14.3 Å². The van der Waals surface area contributed by atoms with Gasteiger partial charge in [-0.2, -0.15) is 0 Å². The molecule has 0 spiro atoms. The largest absolute Gasteiger partial charge is 0.495 e. The molecule has 1 saturated heterocycles. The van der Waals surface area contributed by atoms with Crippen molar-refractivity contribution in [1.29, 1.82) is 0 Å². The summed E-state index contributed by atoms with van der Waals surface area (Å²) in [5, 5.41) is 5.67. The Hall–Kier alpha value is -2.57. The highest BCUT2D eigenvalue weighted by atomic mass is 16.5. The van der Waals surface area contributed by atoms with Gasteiger partial charge in [0.15, 0.2) is 0 Å². The Bertz CT molecular complexity index is 712. The molecule has 1 aliphatic heterocycles. The second kappa shape index (κ2) is 9.22. The van der Waals surface area contributed by atoms with Crippen LogP contribution in [0.15, 0.2) is 48.5 Å². The molecule has 2 amide bonds. The summed E-state index contributed by atoms with van der Waals surface area (Å²) in [6, 6.07) is 15.4. The summed E-state index contributed by atoms with van der Waals surface area (Å²) < 4.78 is 10.6. The van der Waals surface area contributed by atoms with Crippen molar-refractivity contribution in [1.82, 2.24) is 10.2 Å². The predicted molar refractivity (Wildman–Crippen MR) is 101 cm³/mol. The van der Waals surface area contributed by atoms with Crippen molar-refractivity contribution in [3.8, 4) is 5.75 Å². The average Bonchev–Trinajstić information content (AvgIpc) is 2.69. The maximum atomic E-state index is 12.1. The number of methoxy groups -OCH3 is 1. The summed E-state index contributed by atoms with van der Waals surface area (Å²) in [5.41, 5.74) is 2.98. The third-order valence-corrected chi connectivity index (χ3v) is 4.34. The van der Waals surface area contributed by atoms with Gasteiger partial charge in [0.1, 0.15) is 5.75 Å². The lowest BCUT2D eigenvalue weighted by Crippen LogP contribution is -2.35. The fourth-order valence-corrected chi connectivity index (χ4v) is 2.88. The van der Waals surface area contributed by atoms with Gasteiger partial charge in [0, 0.05) is 26.2 Å². The zero-order valence-electron chi connectivity index (χ0n) is 15.0. The molecule has 2 aromatic rings. The minimum Gasteiger partial charge on any atom is -0.495 e. The van der Waals surface area contributed by atoms with Gasteiger partial charge in [0.25, 0.3) is 0 Å². The van der Waals surface area contributed by atoms with Crippen LogP contribution in [0.4, 0.5) is 10.5 Å². The van der Waals surface area contributed by atoms with Gasteiger partial charge in [-0.3, -0.25) is 4.90 Å². The standard InChI is InChI=1S/C20H25N3O3/c1-25-19-5-3-2-4-18(19)22-20(24)21-14-16-6-8-17(9-7-16)15-23-10-12-26-13-11-23/h2-9H,10-15H2,1H3,(H2,21,22,24). The first-order valence-corrected chi connectivity index (χ1v) is 8.80. The number of ether oxygens (including phenoxy) is 2. The van der Waals surface area contributed by atoms with Gasteiger partial charge in [-0.25, -0.2) is 4.79 Å². The summed E-state index contributed by atoms with van der Waals surface area (Å²) in [7, 11) is 1.58. The first-order valence-electron chi connectivity index (χ1n) is 8.80. The Labute approximate surface area is 154 Å². The molecular formula is C20H25N3O3. The number of para-hydroxylation sites is 2. The van der Waals surface area contributed by atoms with Gasteiger partial charge in [0.05, 0.1) is 26.0 Å². The molecule has 26 heavy (non-hydrogen) atoms. The number of benzene rings is 2. The van der Waals surface area contributed by atoms with Crippen LogP contribution in [0.2, 0.25) is 0 Å². The van der Waals surface area contributed by atoms with Crippen LogP contribution in [0, 0.1) is 0 Å². The zero-order valence-corrected chi connectivity index (χ0v) is 15.0. The number of amides is 2. The SMILES string of the molecule is COc1ccccc1NC(=O)NCc1ccc(CN2CCOCC2)cc1. The summed E-state index contributed by atoms with van der Waals surface area (Å²) in [6.07, 6.45) is 0. The van der Waals surface area contributed by atoms with E-state index in [1.807, 2.05) is 18.2 Å². The number of hydrogen-bond donors (Lipinski definition) is 2. The molecular weight excluding hydrogens is 330 g/mol. The summed E-state index contributed by atoms with van der Waals surface area (Å²) >= 11 is 0. The van der Waals surface area contributed by atoms with E-state index in [0.717, 1.165) is 38.4 Å². The minimum absolute atomic E-state index is 0.258. The van der Waals surface area contributed by atoms with E-state index in [2.05, 4.69) is 39.8 Å². The summed E-state index contributed by atoms with van der Waals surface area (Å²) in [4.78, 5) is 14.5. The van der Waals surface area contributed by atoms with Gasteiger partial charge >= 0.3 is 6.03 Å². The lowest BCUT2D eigenvalue weighted by molar-refractivity contribution is 0.0342. The molecule has 0 aromatic heterocycles. The van der Waals surface area contributed by atoms with E-state index in [-0.39, 0.29) is 6.03 Å². The maximum Gasteiger partial charge on any atom is 0.319 e. The Morgan fingerprint density at radius 1 is 1.08 bits per heavy atom. The quantitative estimate of drug-likeness (QED) is 0.836. The smallest absolute Gasteiger partial charge is 0.319 e. The van der Waals surface area contributed by atoms with Crippen LogP contribution in [0.1, 0.15) is 11.1 Å². The van der Waals surface area contributed by atoms with Crippen LogP contribution < -0.4 is 15.4 Å². The molecule has 3 rings (SSSR count). The number of anilines is 1. The molecule has 0 saturated carbocycles. The van der Waals surface area contributed by atoms with E-state index in [9.17, 15) is 4.79 Å². The maximum absolute atomic E-state index is 12.1. The molecule has 0 bridgehead atoms. The second-order valence-electron chi connectivity index (χ2n) is 6.21. The number of carbonyl (C=O) groups excluding carboxylic acids is 1. The third kappa shape index (κ3) is 5.21. The Morgan fingerprint density at radius 2 is 1.77 bits per heavy atom. The number of rotatable bonds is 6. The number of carbonyl (C=O) groups is 1. The van der Waals surface area contributed by atoms with Crippen LogP contribution >= 0.6 is 0 Å². The molecule has 1 heterocycles. The molecule has 6 heteroatoms. The van der Waals surface area contributed by atoms with Gasteiger partial charge in [-0.05, 0) is 23.3 Å². The lowest BCUT2D eigenvalue weighted by atomic mass is 10.1. The molecule has 0 atom stereocenters. The molecule has 6 nitrogen and oxygen atoms in total. The predicted octanol–water partition coefficient (Wildman–Crippen LogP) is 2.85. The minimum atomic E-state index is -0.258. The zero-order chi connectivity index (χ0) is 18.2. The third-order valence-electron chi connectivity index (χ3n) is 4.34. The molecule has 2 aromatic carbocycles. The first kappa shape index (κ1) is 18.2. The number of nitrogens with zero attached hydrogens (tertiary/aromatic N) is 1. The van der Waals surface area contributed by atoms with Crippen molar-refractivity contribution in [2.45, 2.75) is 13.1 Å². The fraction of sp³-hybridized carbons (Fsp3) is 0.350. The van der Waals surface area contributed by atoms with Gasteiger partial charge in [0.2, 0.25) is 0 Å². The van der Waals surface area contributed by atoms with Crippen molar-refractivity contribution in [2.24, 2.45) is 0 Å². The number of hydrogen-bond acceptors (Lipinski definition) is 4. The van der Waals surface area contributed by atoms with E-state index < -0.39 is 0 Å². The van der Waals surface area contributed by atoms with Gasteiger partial charge < -0.3 is 20.1 Å². The van der Waals surface area contributed by atoms with Crippen molar-refractivity contribution in [3.63, 3.8) is 0 Å². The molecule has 1 aliphatic rings. The van der Waals surface area contributed by atoms with Crippen LogP contribution in [0.25, 0.3) is 0 Å². The Kier molecular flexibility index (Phi) is 6.46. The average molecular weight is 355 g/mol. The highest BCUT2D eigenvalue weighted by molar-refractivity contribution is 5.90. The molecule has 0 unspecified atom stereocenters.